The molecular formula is C19H23N3O2. The number of hydrogen-bond acceptors (Lipinski definition) is 4. The van der Waals surface area contributed by atoms with Crippen molar-refractivity contribution < 1.29 is 9.53 Å². The summed E-state index contributed by atoms with van der Waals surface area (Å²) in [6.07, 6.45) is 2.30. The molecule has 0 heterocycles. The Bertz CT molecular complexity index is 652. The minimum atomic E-state index is -0.221. The number of ether oxygens (including phenoxy) is 1. The van der Waals surface area contributed by atoms with Crippen LogP contribution in [0.2, 0.25) is 0 Å². The molecule has 0 radical (unpaired) electrons. The zero-order valence-electron chi connectivity index (χ0n) is 14.1. The van der Waals surface area contributed by atoms with Crippen LogP contribution in [0, 0.1) is 0 Å². The van der Waals surface area contributed by atoms with E-state index in [4.69, 9.17) is 4.74 Å². The van der Waals surface area contributed by atoms with E-state index in [9.17, 15) is 4.79 Å². The Kier molecular flexibility index (Phi) is 6.98. The summed E-state index contributed by atoms with van der Waals surface area (Å²) in [5, 5.41) is 3.93. The van der Waals surface area contributed by atoms with E-state index >= 15 is 0 Å². The van der Waals surface area contributed by atoms with Crippen LogP contribution in [0.15, 0.2) is 59.7 Å². The molecule has 126 valence electrons. The third-order valence-corrected chi connectivity index (χ3v) is 3.41. The van der Waals surface area contributed by atoms with Gasteiger partial charge in [-0.2, -0.15) is 5.10 Å². The first kappa shape index (κ1) is 17.7. The van der Waals surface area contributed by atoms with E-state index in [1.165, 1.54) is 0 Å². The molecule has 0 saturated heterocycles. The molecule has 0 unspecified atom stereocenters. The summed E-state index contributed by atoms with van der Waals surface area (Å²) in [5.74, 6) is -0.221. The Balaban J connectivity index is 1.65. The van der Waals surface area contributed by atoms with Gasteiger partial charge in [0.1, 0.15) is 0 Å². The maximum absolute atomic E-state index is 11.9. The smallest absolute Gasteiger partial charge is 0.271 e. The standard InChI is InChI=1S/C19H23N3O2/c1-22(2)18-11-9-17(10-12-18)19(23)21-20-13-6-14-24-15-16-7-4-3-5-8-16/h3-5,7-13H,6,14-15H2,1-2H3,(H,21,23). The van der Waals surface area contributed by atoms with Crippen molar-refractivity contribution >= 4 is 17.8 Å². The molecular weight excluding hydrogens is 302 g/mol. The van der Waals surface area contributed by atoms with E-state index in [2.05, 4.69) is 10.5 Å². The van der Waals surface area contributed by atoms with Gasteiger partial charge in [0.15, 0.2) is 0 Å². The molecule has 2 aromatic carbocycles. The first-order chi connectivity index (χ1) is 11.7. The average molecular weight is 325 g/mol. The van der Waals surface area contributed by atoms with Gasteiger partial charge in [0, 0.05) is 38.0 Å². The maximum atomic E-state index is 11.9. The molecule has 0 aliphatic rings. The lowest BCUT2D eigenvalue weighted by molar-refractivity contribution is 0.0954. The monoisotopic (exact) mass is 325 g/mol. The van der Waals surface area contributed by atoms with Crippen LogP contribution < -0.4 is 10.3 Å². The van der Waals surface area contributed by atoms with Crippen LogP contribution in [-0.4, -0.2) is 32.8 Å². The van der Waals surface area contributed by atoms with E-state index in [0.717, 1.165) is 11.3 Å². The van der Waals surface area contributed by atoms with Gasteiger partial charge in [0.2, 0.25) is 0 Å². The number of hydrazone groups is 1. The molecule has 24 heavy (non-hydrogen) atoms. The van der Waals surface area contributed by atoms with Crippen molar-refractivity contribution in [2.45, 2.75) is 13.0 Å². The van der Waals surface area contributed by atoms with Gasteiger partial charge >= 0.3 is 0 Å². The molecule has 2 rings (SSSR count). The number of amides is 1. The predicted molar refractivity (Wildman–Crippen MR) is 97.4 cm³/mol. The van der Waals surface area contributed by atoms with Crippen LogP contribution in [-0.2, 0) is 11.3 Å². The van der Waals surface area contributed by atoms with Crippen LogP contribution in [0.25, 0.3) is 0 Å². The first-order valence-electron chi connectivity index (χ1n) is 7.88. The van der Waals surface area contributed by atoms with Crippen molar-refractivity contribution in [1.29, 1.82) is 0 Å². The molecule has 1 amide bonds. The fraction of sp³-hybridized carbons (Fsp3) is 0.263. The van der Waals surface area contributed by atoms with Gasteiger partial charge in [0.05, 0.1) is 13.2 Å². The lowest BCUT2D eigenvalue weighted by Gasteiger charge is -2.12. The second-order valence-electron chi connectivity index (χ2n) is 5.52. The lowest BCUT2D eigenvalue weighted by atomic mass is 10.2. The summed E-state index contributed by atoms with van der Waals surface area (Å²) in [6.45, 7) is 1.14. The number of anilines is 1. The van der Waals surface area contributed by atoms with E-state index in [1.54, 1.807) is 18.3 Å². The largest absolute Gasteiger partial charge is 0.378 e. The predicted octanol–water partition coefficient (Wildman–Crippen LogP) is 3.08. The Labute approximate surface area is 142 Å². The highest BCUT2D eigenvalue weighted by Crippen LogP contribution is 2.11. The SMILES string of the molecule is CN(C)c1ccc(C(=O)NN=CCCOCc2ccccc2)cc1. The maximum Gasteiger partial charge on any atom is 0.271 e. The minimum Gasteiger partial charge on any atom is -0.378 e. The topological polar surface area (TPSA) is 53.9 Å². The van der Waals surface area contributed by atoms with Crippen molar-refractivity contribution in [3.8, 4) is 0 Å². The molecule has 0 aliphatic heterocycles. The molecule has 0 aromatic heterocycles. The van der Waals surface area contributed by atoms with Crippen LogP contribution in [0.5, 0.6) is 0 Å². The Morgan fingerprint density at radius 1 is 1.12 bits per heavy atom. The molecule has 0 spiro atoms. The molecule has 0 fully saturated rings. The zero-order chi connectivity index (χ0) is 17.2. The van der Waals surface area contributed by atoms with E-state index in [0.29, 0.717) is 25.2 Å². The summed E-state index contributed by atoms with van der Waals surface area (Å²) in [4.78, 5) is 13.9. The Morgan fingerprint density at radius 2 is 1.83 bits per heavy atom. The third kappa shape index (κ3) is 5.85. The van der Waals surface area contributed by atoms with Crippen molar-refractivity contribution in [2.24, 2.45) is 5.10 Å². The van der Waals surface area contributed by atoms with Gasteiger partial charge in [-0.3, -0.25) is 4.79 Å². The van der Waals surface area contributed by atoms with Crippen molar-refractivity contribution in [1.82, 2.24) is 5.43 Å². The average Bonchev–Trinajstić information content (AvgIpc) is 2.61. The normalized spacial score (nSPS) is 10.8. The fourth-order valence-electron chi connectivity index (χ4n) is 2.04. The number of nitrogens with zero attached hydrogens (tertiary/aromatic N) is 2. The first-order valence-corrected chi connectivity index (χ1v) is 7.88. The van der Waals surface area contributed by atoms with E-state index < -0.39 is 0 Å². The van der Waals surface area contributed by atoms with Gasteiger partial charge in [-0.05, 0) is 29.8 Å². The van der Waals surface area contributed by atoms with Gasteiger partial charge in [-0.15, -0.1) is 0 Å². The summed E-state index contributed by atoms with van der Waals surface area (Å²) >= 11 is 0. The number of benzene rings is 2. The lowest BCUT2D eigenvalue weighted by Crippen LogP contribution is -2.18. The molecule has 0 atom stereocenters. The van der Waals surface area contributed by atoms with Crippen LogP contribution >= 0.6 is 0 Å². The van der Waals surface area contributed by atoms with Gasteiger partial charge in [-0.1, -0.05) is 30.3 Å². The van der Waals surface area contributed by atoms with Gasteiger partial charge in [-0.25, -0.2) is 5.43 Å². The molecule has 0 saturated carbocycles. The number of nitrogens with one attached hydrogen (secondary N) is 1. The minimum absolute atomic E-state index is 0.221. The second-order valence-corrected chi connectivity index (χ2v) is 5.52. The molecule has 5 nitrogen and oxygen atoms in total. The summed E-state index contributed by atoms with van der Waals surface area (Å²) in [6, 6.07) is 17.4. The molecule has 5 heteroatoms. The van der Waals surface area contributed by atoms with Gasteiger partial charge in [0.25, 0.3) is 5.91 Å². The van der Waals surface area contributed by atoms with Crippen LogP contribution in [0.3, 0.4) is 0 Å². The zero-order valence-corrected chi connectivity index (χ0v) is 14.1. The summed E-state index contributed by atoms with van der Waals surface area (Å²) < 4.78 is 5.54. The third-order valence-electron chi connectivity index (χ3n) is 3.41. The molecule has 1 N–H and O–H groups in total. The number of hydrogen-bond donors (Lipinski definition) is 1. The number of carbonyl (C=O) groups is 1. The van der Waals surface area contributed by atoms with Crippen molar-refractivity contribution in [3.63, 3.8) is 0 Å². The highest BCUT2D eigenvalue weighted by atomic mass is 16.5. The van der Waals surface area contributed by atoms with Crippen molar-refractivity contribution in [2.75, 3.05) is 25.6 Å². The highest BCUT2D eigenvalue weighted by molar-refractivity contribution is 5.94. The van der Waals surface area contributed by atoms with E-state index in [1.807, 2.05) is 61.5 Å². The Morgan fingerprint density at radius 3 is 2.50 bits per heavy atom. The highest BCUT2D eigenvalue weighted by Gasteiger charge is 2.04. The Hall–Kier alpha value is -2.66. The second kappa shape index (κ2) is 9.47. The molecule has 2 aromatic rings. The molecule has 0 bridgehead atoms. The summed E-state index contributed by atoms with van der Waals surface area (Å²) in [5.41, 5.74) is 5.29. The fourth-order valence-corrected chi connectivity index (χ4v) is 2.04. The number of carbonyl (C=O) groups excluding carboxylic acids is 1. The van der Waals surface area contributed by atoms with Crippen LogP contribution in [0.4, 0.5) is 5.69 Å². The van der Waals surface area contributed by atoms with Crippen molar-refractivity contribution in [3.05, 3.63) is 65.7 Å². The number of rotatable bonds is 8. The van der Waals surface area contributed by atoms with Crippen LogP contribution in [0.1, 0.15) is 22.3 Å². The molecule has 0 aliphatic carbocycles. The van der Waals surface area contributed by atoms with Gasteiger partial charge < -0.3 is 9.64 Å². The summed E-state index contributed by atoms with van der Waals surface area (Å²) in [7, 11) is 3.92. The quantitative estimate of drug-likeness (QED) is 0.461. The van der Waals surface area contributed by atoms with E-state index in [-0.39, 0.29) is 5.91 Å².